The van der Waals surface area contributed by atoms with E-state index in [0.29, 0.717) is 23.1 Å². The van der Waals surface area contributed by atoms with Crippen molar-refractivity contribution in [1.82, 2.24) is 20.2 Å². The maximum absolute atomic E-state index is 13.5. The van der Waals surface area contributed by atoms with Crippen LogP contribution in [-0.2, 0) is 11.3 Å². The molecular weight excluding hydrogens is 484 g/mol. The molecule has 3 N–H and O–H groups in total. The van der Waals surface area contributed by atoms with Crippen molar-refractivity contribution in [1.29, 1.82) is 0 Å². The highest BCUT2D eigenvalue weighted by Crippen LogP contribution is 2.41. The smallest absolute Gasteiger partial charge is 0.254 e. The molecule has 2 fully saturated rings. The molecule has 0 spiro atoms. The number of para-hydroxylation sites is 1. The van der Waals surface area contributed by atoms with Gasteiger partial charge in [-0.1, -0.05) is 25.1 Å². The van der Waals surface area contributed by atoms with Crippen LogP contribution in [0.5, 0.6) is 0 Å². The fraction of sp³-hybridized carbons (Fsp3) is 0.517. The zero-order valence-electron chi connectivity index (χ0n) is 22.4. The van der Waals surface area contributed by atoms with Crippen molar-refractivity contribution in [2.24, 2.45) is 11.3 Å². The van der Waals surface area contributed by atoms with Crippen molar-refractivity contribution in [2.45, 2.75) is 64.1 Å². The highest BCUT2D eigenvalue weighted by molar-refractivity contribution is 7.98. The van der Waals surface area contributed by atoms with Gasteiger partial charge in [0.25, 0.3) is 11.5 Å². The Kier molecular flexibility index (Phi) is 7.27. The van der Waals surface area contributed by atoms with Crippen molar-refractivity contribution < 1.29 is 9.53 Å². The number of fused-ring (bicyclic) bond motifs is 1. The van der Waals surface area contributed by atoms with E-state index in [2.05, 4.69) is 40.1 Å². The first-order valence-corrected chi connectivity index (χ1v) is 14.4. The molecule has 1 aliphatic heterocycles. The van der Waals surface area contributed by atoms with Crippen molar-refractivity contribution in [3.05, 3.63) is 63.2 Å². The molecular formula is C29H38N4O3S. The number of nitrogens with one attached hydrogen (secondary N) is 3. The molecule has 1 aliphatic carbocycles. The number of thioether (sulfide) groups is 1. The van der Waals surface area contributed by atoms with Crippen LogP contribution in [0.3, 0.4) is 0 Å². The van der Waals surface area contributed by atoms with Crippen LogP contribution < -0.4 is 16.2 Å². The number of carbonyl (C=O) groups is 1. The second-order valence-electron chi connectivity index (χ2n) is 11.2. The van der Waals surface area contributed by atoms with E-state index >= 15 is 0 Å². The lowest BCUT2D eigenvalue weighted by Crippen LogP contribution is -2.52. The fourth-order valence-electron chi connectivity index (χ4n) is 5.87. The number of hydrogen-bond acceptors (Lipinski definition) is 5. The van der Waals surface area contributed by atoms with Crippen LogP contribution in [0, 0.1) is 25.2 Å². The van der Waals surface area contributed by atoms with Gasteiger partial charge in [0.2, 0.25) is 0 Å². The summed E-state index contributed by atoms with van der Waals surface area (Å²) in [6, 6.07) is 10.9. The van der Waals surface area contributed by atoms with Gasteiger partial charge in [-0.15, -0.1) is 11.8 Å². The number of ether oxygens (including phenoxy) is 1. The van der Waals surface area contributed by atoms with Crippen LogP contribution in [0.15, 0.2) is 40.0 Å². The topological polar surface area (TPSA) is 88.2 Å². The lowest BCUT2D eigenvalue weighted by molar-refractivity contribution is -0.102. The molecule has 2 aliphatic rings. The number of aromatic nitrogens is 2. The monoisotopic (exact) mass is 522 g/mol. The molecule has 198 valence electrons. The van der Waals surface area contributed by atoms with Gasteiger partial charge in [0, 0.05) is 63.3 Å². The minimum atomic E-state index is -0.149. The number of hydrogen-bond donors (Lipinski definition) is 3. The molecule has 7 nitrogen and oxygen atoms in total. The number of benzene rings is 1. The van der Waals surface area contributed by atoms with E-state index in [-0.39, 0.29) is 29.5 Å². The third-order valence-corrected chi connectivity index (χ3v) is 9.05. The summed E-state index contributed by atoms with van der Waals surface area (Å²) < 4.78 is 7.73. The van der Waals surface area contributed by atoms with E-state index in [1.807, 2.05) is 44.4 Å². The number of pyridine rings is 1. The Labute approximate surface area is 222 Å². The van der Waals surface area contributed by atoms with Gasteiger partial charge in [-0.25, -0.2) is 0 Å². The Bertz CT molecular complexity index is 1370. The largest absolute Gasteiger partial charge is 0.380 e. The third kappa shape index (κ3) is 4.99. The molecule has 1 aromatic carbocycles. The Morgan fingerprint density at radius 3 is 2.68 bits per heavy atom. The minimum Gasteiger partial charge on any atom is -0.380 e. The first-order valence-electron chi connectivity index (χ1n) is 13.2. The van der Waals surface area contributed by atoms with Crippen molar-refractivity contribution >= 4 is 28.6 Å². The summed E-state index contributed by atoms with van der Waals surface area (Å²) in [7, 11) is 0. The summed E-state index contributed by atoms with van der Waals surface area (Å²) in [4.78, 5) is 29.8. The van der Waals surface area contributed by atoms with Gasteiger partial charge in [-0.2, -0.15) is 0 Å². The molecule has 1 saturated heterocycles. The minimum absolute atomic E-state index is 0.143. The maximum Gasteiger partial charge on any atom is 0.254 e. The molecule has 1 saturated carbocycles. The van der Waals surface area contributed by atoms with E-state index in [1.165, 1.54) is 11.8 Å². The van der Waals surface area contributed by atoms with Crippen LogP contribution in [0.1, 0.15) is 60.0 Å². The Hall–Kier alpha value is -2.55. The van der Waals surface area contributed by atoms with Gasteiger partial charge in [0.05, 0.1) is 18.8 Å². The quantitative estimate of drug-likeness (QED) is 0.359. The number of amides is 1. The number of aryl methyl sites for hydroxylation is 1. The summed E-state index contributed by atoms with van der Waals surface area (Å²) >= 11 is 1.52. The molecule has 3 aromatic rings. The highest BCUT2D eigenvalue weighted by atomic mass is 32.2. The molecule has 0 bridgehead atoms. The summed E-state index contributed by atoms with van der Waals surface area (Å²) in [5.74, 6) is 0.416. The summed E-state index contributed by atoms with van der Waals surface area (Å²) in [6.07, 6.45) is 4.22. The second kappa shape index (κ2) is 10.3. The molecule has 1 amide bonds. The molecule has 0 radical (unpaired) electrons. The maximum atomic E-state index is 13.5. The first-order chi connectivity index (χ1) is 17.7. The average molecular weight is 523 g/mol. The van der Waals surface area contributed by atoms with Crippen LogP contribution >= 0.6 is 11.8 Å². The fourth-order valence-corrected chi connectivity index (χ4v) is 6.58. The van der Waals surface area contributed by atoms with Crippen LogP contribution in [0.4, 0.5) is 0 Å². The van der Waals surface area contributed by atoms with Crippen molar-refractivity contribution in [2.75, 3.05) is 26.0 Å². The average Bonchev–Trinajstić information content (AvgIpc) is 3.12. The normalized spacial score (nSPS) is 21.3. The molecule has 37 heavy (non-hydrogen) atoms. The predicted molar refractivity (Wildman–Crippen MR) is 150 cm³/mol. The lowest BCUT2D eigenvalue weighted by atomic mass is 9.75. The Morgan fingerprint density at radius 2 is 2.00 bits per heavy atom. The standard InChI is InChI=1S/C29H38N4O3S/c1-17-10-25(37-5)23(27(34)32-17)13-30-28(35)26-19(3)33(24-9-7-6-8-22(24)26)18(2)20-11-21(12-20)31-14-29(4)15-36-16-29/h6-10,18,20-21,31H,11-16H2,1-5H3,(H,30,35)(H,32,34)/t18-,20?,21?/m1/s1. The van der Waals surface area contributed by atoms with Gasteiger partial charge in [-0.3, -0.25) is 9.59 Å². The number of aromatic amines is 1. The summed E-state index contributed by atoms with van der Waals surface area (Å²) in [5.41, 5.74) is 4.31. The lowest BCUT2D eigenvalue weighted by Gasteiger charge is -2.44. The first kappa shape index (κ1) is 26.1. The molecule has 1 atom stereocenters. The Morgan fingerprint density at radius 1 is 1.27 bits per heavy atom. The number of H-pyrrole nitrogens is 1. The van der Waals surface area contributed by atoms with E-state index in [4.69, 9.17) is 4.74 Å². The van der Waals surface area contributed by atoms with E-state index in [1.54, 1.807) is 0 Å². The highest BCUT2D eigenvalue weighted by Gasteiger charge is 2.38. The molecule has 2 aromatic heterocycles. The van der Waals surface area contributed by atoms with Gasteiger partial charge in [0.1, 0.15) is 0 Å². The number of nitrogens with zero attached hydrogens (tertiary/aromatic N) is 1. The molecule has 3 heterocycles. The van der Waals surface area contributed by atoms with Gasteiger partial charge in [-0.05, 0) is 57.9 Å². The molecule has 0 unspecified atom stereocenters. The summed E-state index contributed by atoms with van der Waals surface area (Å²) in [5, 5.41) is 7.73. The SMILES string of the molecule is CSc1cc(C)[nH]c(=O)c1CNC(=O)c1c(C)n([C@H](C)C2CC(NCC3(C)COC3)C2)c2ccccc12. The van der Waals surface area contributed by atoms with E-state index in [0.717, 1.165) is 59.8 Å². The third-order valence-electron chi connectivity index (χ3n) is 8.24. The van der Waals surface area contributed by atoms with Crippen molar-refractivity contribution in [3.63, 3.8) is 0 Å². The summed E-state index contributed by atoms with van der Waals surface area (Å²) in [6.45, 7) is 11.4. The molecule has 5 rings (SSSR count). The van der Waals surface area contributed by atoms with Crippen LogP contribution in [0.2, 0.25) is 0 Å². The predicted octanol–water partition coefficient (Wildman–Crippen LogP) is 4.56. The van der Waals surface area contributed by atoms with Gasteiger partial charge in [0.15, 0.2) is 0 Å². The van der Waals surface area contributed by atoms with Gasteiger partial charge < -0.3 is 24.9 Å². The number of carbonyl (C=O) groups excluding carboxylic acids is 1. The van der Waals surface area contributed by atoms with Crippen LogP contribution in [-0.4, -0.2) is 47.5 Å². The van der Waals surface area contributed by atoms with E-state index in [9.17, 15) is 9.59 Å². The second-order valence-corrected chi connectivity index (χ2v) is 12.1. The molecule has 8 heteroatoms. The zero-order chi connectivity index (χ0) is 26.3. The van der Waals surface area contributed by atoms with E-state index < -0.39 is 0 Å². The number of rotatable bonds is 9. The zero-order valence-corrected chi connectivity index (χ0v) is 23.3. The van der Waals surface area contributed by atoms with Gasteiger partial charge >= 0.3 is 0 Å². The Balaban J connectivity index is 1.33. The van der Waals surface area contributed by atoms with Crippen molar-refractivity contribution in [3.8, 4) is 0 Å². The van der Waals surface area contributed by atoms with Crippen LogP contribution in [0.25, 0.3) is 10.9 Å².